The van der Waals surface area contributed by atoms with Crippen molar-refractivity contribution in [3.05, 3.63) is 67.4 Å². The van der Waals surface area contributed by atoms with Crippen molar-refractivity contribution in [1.82, 2.24) is 19.4 Å². The van der Waals surface area contributed by atoms with Crippen molar-refractivity contribution in [2.45, 2.75) is 32.4 Å². The fourth-order valence-corrected chi connectivity index (χ4v) is 5.30. The predicted octanol–water partition coefficient (Wildman–Crippen LogP) is 6.29. The van der Waals surface area contributed by atoms with E-state index in [2.05, 4.69) is 73.9 Å². The Kier molecular flexibility index (Phi) is 10.8. The van der Waals surface area contributed by atoms with Crippen LogP contribution >= 0.6 is 0 Å². The van der Waals surface area contributed by atoms with Gasteiger partial charge >= 0.3 is 0 Å². The first-order chi connectivity index (χ1) is 21.0. The van der Waals surface area contributed by atoms with E-state index in [0.717, 1.165) is 52.8 Å². The lowest BCUT2D eigenvalue weighted by molar-refractivity contribution is -0.111. The van der Waals surface area contributed by atoms with Gasteiger partial charge in [0.2, 0.25) is 11.9 Å². The van der Waals surface area contributed by atoms with Gasteiger partial charge in [0.15, 0.2) is 0 Å². The van der Waals surface area contributed by atoms with Gasteiger partial charge in [-0.1, -0.05) is 38.4 Å². The van der Waals surface area contributed by atoms with E-state index < -0.39 is 8.07 Å². The topological polar surface area (TPSA) is 96.8 Å². The van der Waals surface area contributed by atoms with Gasteiger partial charge in [-0.15, -0.1) is 0 Å². The largest absolute Gasteiger partial charge is 0.494 e. The van der Waals surface area contributed by atoms with E-state index in [4.69, 9.17) is 19.4 Å². The van der Waals surface area contributed by atoms with Crippen LogP contribution in [0.1, 0.15) is 0 Å². The molecule has 1 amide bonds. The van der Waals surface area contributed by atoms with Crippen molar-refractivity contribution in [3.63, 3.8) is 0 Å². The lowest BCUT2D eigenvalue weighted by atomic mass is 10.1. The Balaban J connectivity index is 1.71. The molecule has 2 N–H and O–H groups in total. The molecule has 0 aliphatic rings. The Labute approximate surface area is 261 Å². The number of benzene rings is 2. The molecule has 0 bridgehead atoms. The number of carbonyl (C=O) groups is 1. The van der Waals surface area contributed by atoms with Crippen LogP contribution in [0, 0.1) is 0 Å². The molecule has 234 valence electrons. The quantitative estimate of drug-likeness (QED) is 0.0916. The molecule has 2 aromatic heterocycles. The molecule has 2 aromatic carbocycles. The van der Waals surface area contributed by atoms with Crippen LogP contribution in [0.15, 0.2) is 67.4 Å². The Morgan fingerprint density at radius 1 is 1.07 bits per heavy atom. The summed E-state index contributed by atoms with van der Waals surface area (Å²) in [5.74, 6) is 0.826. The number of rotatable bonds is 15. The maximum atomic E-state index is 12.0. The number of likely N-dealkylation sites (N-methyl/N-ethyl adjacent to an activating group) is 2. The zero-order valence-electron chi connectivity index (χ0n) is 27.0. The molecule has 4 rings (SSSR count). The highest BCUT2D eigenvalue weighted by molar-refractivity contribution is 6.76. The number of hydrogen-bond acceptors (Lipinski definition) is 8. The zero-order chi connectivity index (χ0) is 31.9. The molecular formula is C33H45N7O3Si. The first-order valence-electron chi connectivity index (χ1n) is 14.8. The molecule has 44 heavy (non-hydrogen) atoms. The molecule has 2 heterocycles. The number of methoxy groups -OCH3 is 1. The number of amides is 1. The molecule has 0 fully saturated rings. The molecule has 11 heteroatoms. The third-order valence-corrected chi connectivity index (χ3v) is 8.89. The lowest BCUT2D eigenvalue weighted by Gasteiger charge is -2.23. The van der Waals surface area contributed by atoms with Gasteiger partial charge in [0, 0.05) is 69.4 Å². The first-order valence-corrected chi connectivity index (χ1v) is 18.5. The van der Waals surface area contributed by atoms with Crippen LogP contribution in [0.25, 0.3) is 22.3 Å². The summed E-state index contributed by atoms with van der Waals surface area (Å²) in [7, 11) is 6.65. The van der Waals surface area contributed by atoms with E-state index in [1.807, 2.05) is 53.2 Å². The molecule has 0 saturated heterocycles. The standard InChI is InChI=1S/C33H45N7O3Si/c1-9-30(41)34-25-12-10-11-24(21-25)31-27-15-16-40(23-43-19-20-44(6,7)8)32(27)37-33(36-31)35-28-14-13-26(22-29(28)42-5)39(4)18-17-38(2)3/h9-16,21-22H,1,17-20,23H2,2-8H3,(H,34,41)(H,35,36,37). The Morgan fingerprint density at radius 2 is 1.86 bits per heavy atom. The third-order valence-electron chi connectivity index (χ3n) is 7.19. The van der Waals surface area contributed by atoms with E-state index in [1.165, 1.54) is 6.08 Å². The molecule has 4 aromatic rings. The summed E-state index contributed by atoms with van der Waals surface area (Å²) < 4.78 is 13.9. The SMILES string of the molecule is C=CC(=O)Nc1cccc(-c2nc(Nc3ccc(N(C)CCN(C)C)cc3OC)nc3c2ccn3COCC[Si](C)(C)C)c1. The predicted molar refractivity (Wildman–Crippen MR) is 184 cm³/mol. The van der Waals surface area contributed by atoms with Gasteiger partial charge in [0.05, 0.1) is 18.5 Å². The highest BCUT2D eigenvalue weighted by Gasteiger charge is 2.17. The summed E-state index contributed by atoms with van der Waals surface area (Å²) in [6, 6.07) is 16.7. The number of nitrogens with zero attached hydrogens (tertiary/aromatic N) is 5. The van der Waals surface area contributed by atoms with Gasteiger partial charge in [-0.3, -0.25) is 4.79 Å². The molecule has 0 radical (unpaired) electrons. The second-order valence-corrected chi connectivity index (χ2v) is 17.9. The minimum atomic E-state index is -1.21. The smallest absolute Gasteiger partial charge is 0.247 e. The lowest BCUT2D eigenvalue weighted by Crippen LogP contribution is -2.28. The average Bonchev–Trinajstić information content (AvgIpc) is 3.40. The second-order valence-electron chi connectivity index (χ2n) is 12.3. The number of hydrogen-bond donors (Lipinski definition) is 2. The highest BCUT2D eigenvalue weighted by atomic mass is 28.3. The van der Waals surface area contributed by atoms with E-state index in [1.54, 1.807) is 7.11 Å². The Hall–Kier alpha value is -4.19. The van der Waals surface area contributed by atoms with Crippen molar-refractivity contribution < 1.29 is 14.3 Å². The van der Waals surface area contributed by atoms with E-state index >= 15 is 0 Å². The molecule has 10 nitrogen and oxygen atoms in total. The fourth-order valence-electron chi connectivity index (χ4n) is 4.54. The summed E-state index contributed by atoms with van der Waals surface area (Å²) in [6.45, 7) is 13.5. The average molecular weight is 616 g/mol. The van der Waals surface area contributed by atoms with Crippen molar-refractivity contribution in [3.8, 4) is 17.0 Å². The van der Waals surface area contributed by atoms with Crippen LogP contribution in [0.4, 0.5) is 23.0 Å². The minimum Gasteiger partial charge on any atom is -0.494 e. The number of nitrogens with one attached hydrogen (secondary N) is 2. The zero-order valence-corrected chi connectivity index (χ0v) is 28.0. The summed E-state index contributed by atoms with van der Waals surface area (Å²) in [6.07, 6.45) is 3.22. The normalized spacial score (nSPS) is 11.5. The fraction of sp³-hybridized carbons (Fsp3) is 0.364. The molecular weight excluding hydrogens is 570 g/mol. The monoisotopic (exact) mass is 615 g/mol. The number of ether oxygens (including phenoxy) is 2. The first kappa shape index (κ1) is 32.7. The molecule has 0 aliphatic carbocycles. The number of fused-ring (bicyclic) bond motifs is 1. The Morgan fingerprint density at radius 3 is 2.57 bits per heavy atom. The number of carbonyl (C=O) groups excluding carboxylic acids is 1. The van der Waals surface area contributed by atoms with Crippen molar-refractivity contribution in [2.24, 2.45) is 0 Å². The van der Waals surface area contributed by atoms with Gasteiger partial charge < -0.3 is 34.5 Å². The summed E-state index contributed by atoms with van der Waals surface area (Å²) in [4.78, 5) is 26.2. The van der Waals surface area contributed by atoms with Gasteiger partial charge in [-0.2, -0.15) is 4.98 Å². The van der Waals surface area contributed by atoms with Crippen LogP contribution in [0.3, 0.4) is 0 Å². The molecule has 0 unspecified atom stereocenters. The van der Waals surface area contributed by atoms with Crippen molar-refractivity contribution in [1.29, 1.82) is 0 Å². The summed E-state index contributed by atoms with van der Waals surface area (Å²) in [5.41, 5.74) is 4.76. The van der Waals surface area contributed by atoms with Gasteiger partial charge in [-0.25, -0.2) is 4.98 Å². The van der Waals surface area contributed by atoms with Gasteiger partial charge in [0.25, 0.3) is 0 Å². The molecule has 0 atom stereocenters. The maximum absolute atomic E-state index is 12.0. The minimum absolute atomic E-state index is 0.276. The van der Waals surface area contributed by atoms with Crippen LogP contribution in [-0.2, 0) is 16.3 Å². The Bertz CT molecular complexity index is 1600. The molecule has 0 saturated carbocycles. The van der Waals surface area contributed by atoms with E-state index in [-0.39, 0.29) is 5.91 Å². The maximum Gasteiger partial charge on any atom is 0.247 e. The van der Waals surface area contributed by atoms with Crippen LogP contribution in [0.5, 0.6) is 5.75 Å². The highest BCUT2D eigenvalue weighted by Crippen LogP contribution is 2.34. The summed E-state index contributed by atoms with van der Waals surface area (Å²) >= 11 is 0. The number of aromatic nitrogens is 3. The van der Waals surface area contributed by atoms with Crippen molar-refractivity contribution >= 4 is 48.0 Å². The molecule has 0 spiro atoms. The second kappa shape index (κ2) is 14.5. The van der Waals surface area contributed by atoms with Crippen LogP contribution in [-0.4, -0.2) is 81.4 Å². The molecule has 0 aliphatic heterocycles. The van der Waals surface area contributed by atoms with E-state index in [0.29, 0.717) is 30.7 Å². The van der Waals surface area contributed by atoms with Crippen molar-refractivity contribution in [2.75, 3.05) is 63.5 Å². The van der Waals surface area contributed by atoms with Crippen LogP contribution < -0.4 is 20.3 Å². The van der Waals surface area contributed by atoms with Gasteiger partial charge in [0.1, 0.15) is 18.1 Å². The third kappa shape index (κ3) is 8.68. The summed E-state index contributed by atoms with van der Waals surface area (Å²) in [5, 5.41) is 7.11. The number of anilines is 4. The van der Waals surface area contributed by atoms with E-state index in [9.17, 15) is 4.79 Å². The van der Waals surface area contributed by atoms with Gasteiger partial charge in [-0.05, 0) is 56.5 Å². The van der Waals surface area contributed by atoms with Crippen LogP contribution in [0.2, 0.25) is 25.7 Å².